The predicted octanol–water partition coefficient (Wildman–Crippen LogP) is 5.80. The van der Waals surface area contributed by atoms with E-state index in [1.807, 2.05) is 6.07 Å². The van der Waals surface area contributed by atoms with Crippen molar-refractivity contribution in [3.63, 3.8) is 0 Å². The van der Waals surface area contributed by atoms with Crippen molar-refractivity contribution >= 4 is 50.5 Å². The Morgan fingerprint density at radius 2 is 1.78 bits per heavy atom. The molecule has 0 spiro atoms. The molecule has 0 aliphatic carbocycles. The van der Waals surface area contributed by atoms with Crippen LogP contribution in [0.15, 0.2) is 40.9 Å². The van der Waals surface area contributed by atoms with Gasteiger partial charge in [-0.15, -0.1) is 22.9 Å². The Bertz CT molecular complexity index is 493. The van der Waals surface area contributed by atoms with Crippen molar-refractivity contribution < 1.29 is 0 Å². The summed E-state index contributed by atoms with van der Waals surface area (Å²) in [4.78, 5) is 1.31. The molecule has 1 heterocycles. The molecule has 0 aliphatic heterocycles. The topological polar surface area (TPSA) is 0 Å². The van der Waals surface area contributed by atoms with Crippen LogP contribution in [0, 0.1) is 5.92 Å². The SMILES string of the molecule is ClCC(Cc1ccc(Br)cc1)Cc1ccc(Cl)s1. The highest BCUT2D eigenvalue weighted by molar-refractivity contribution is 9.10. The molecule has 1 unspecified atom stereocenters. The highest BCUT2D eigenvalue weighted by atomic mass is 79.9. The summed E-state index contributed by atoms with van der Waals surface area (Å²) in [6.45, 7) is 0. The van der Waals surface area contributed by atoms with E-state index in [1.54, 1.807) is 11.3 Å². The van der Waals surface area contributed by atoms with Crippen LogP contribution in [0.25, 0.3) is 0 Å². The molecule has 96 valence electrons. The summed E-state index contributed by atoms with van der Waals surface area (Å²) in [6.07, 6.45) is 2.00. The van der Waals surface area contributed by atoms with Crippen molar-refractivity contribution in [2.24, 2.45) is 5.92 Å². The van der Waals surface area contributed by atoms with Gasteiger partial charge in [-0.05, 0) is 48.6 Å². The summed E-state index contributed by atoms with van der Waals surface area (Å²) >= 11 is 17.1. The first-order valence-electron chi connectivity index (χ1n) is 5.72. The first-order valence-corrected chi connectivity index (χ1v) is 8.24. The normalized spacial score (nSPS) is 12.6. The molecule has 1 aromatic carbocycles. The van der Waals surface area contributed by atoms with Gasteiger partial charge in [0.1, 0.15) is 0 Å². The molecule has 0 N–H and O–H groups in total. The van der Waals surface area contributed by atoms with Gasteiger partial charge < -0.3 is 0 Å². The van der Waals surface area contributed by atoms with Crippen LogP contribution in [-0.4, -0.2) is 5.88 Å². The zero-order valence-electron chi connectivity index (χ0n) is 9.70. The fourth-order valence-electron chi connectivity index (χ4n) is 1.88. The lowest BCUT2D eigenvalue weighted by molar-refractivity contribution is 0.589. The minimum atomic E-state index is 0.461. The molecule has 0 aliphatic rings. The second-order valence-electron chi connectivity index (χ2n) is 4.26. The van der Waals surface area contributed by atoms with Crippen LogP contribution >= 0.6 is 50.5 Å². The van der Waals surface area contributed by atoms with E-state index >= 15 is 0 Å². The van der Waals surface area contributed by atoms with Gasteiger partial charge >= 0.3 is 0 Å². The fourth-order valence-corrected chi connectivity index (χ4v) is 3.57. The van der Waals surface area contributed by atoms with Crippen molar-refractivity contribution in [3.8, 4) is 0 Å². The van der Waals surface area contributed by atoms with Gasteiger partial charge in [0.25, 0.3) is 0 Å². The number of hydrogen-bond acceptors (Lipinski definition) is 1. The Labute approximate surface area is 130 Å². The molecule has 0 nitrogen and oxygen atoms in total. The van der Waals surface area contributed by atoms with E-state index in [9.17, 15) is 0 Å². The highest BCUT2D eigenvalue weighted by Crippen LogP contribution is 2.25. The van der Waals surface area contributed by atoms with Gasteiger partial charge in [-0.2, -0.15) is 0 Å². The Balaban J connectivity index is 1.99. The molecule has 1 aromatic heterocycles. The fraction of sp³-hybridized carbons (Fsp3) is 0.286. The largest absolute Gasteiger partial charge is 0.128 e. The van der Waals surface area contributed by atoms with Gasteiger partial charge in [-0.3, -0.25) is 0 Å². The number of rotatable bonds is 5. The Morgan fingerprint density at radius 3 is 2.33 bits per heavy atom. The first kappa shape index (κ1) is 14.4. The van der Waals surface area contributed by atoms with Crippen LogP contribution in [0.2, 0.25) is 4.34 Å². The number of halogens is 3. The van der Waals surface area contributed by atoms with Crippen molar-refractivity contribution in [1.29, 1.82) is 0 Å². The number of thiophene rings is 1. The third-order valence-electron chi connectivity index (χ3n) is 2.77. The lowest BCUT2D eigenvalue weighted by atomic mass is 9.97. The second-order valence-corrected chi connectivity index (χ2v) is 7.28. The molecule has 0 radical (unpaired) electrons. The average Bonchev–Trinajstić information content (AvgIpc) is 2.77. The lowest BCUT2D eigenvalue weighted by Crippen LogP contribution is -2.09. The molecule has 4 heteroatoms. The molecule has 2 aromatic rings. The maximum absolute atomic E-state index is 6.07. The van der Waals surface area contributed by atoms with Crippen molar-refractivity contribution in [3.05, 3.63) is 55.6 Å². The Morgan fingerprint density at radius 1 is 1.06 bits per heavy atom. The van der Waals surface area contributed by atoms with Gasteiger partial charge in [-0.25, -0.2) is 0 Å². The van der Waals surface area contributed by atoms with Crippen LogP contribution in [0.5, 0.6) is 0 Å². The van der Waals surface area contributed by atoms with Crippen LogP contribution in [-0.2, 0) is 12.8 Å². The molecule has 18 heavy (non-hydrogen) atoms. The molecular formula is C14H13BrCl2S. The average molecular weight is 364 g/mol. The van der Waals surface area contributed by atoms with E-state index < -0.39 is 0 Å². The zero-order valence-corrected chi connectivity index (χ0v) is 13.6. The Kier molecular flexibility index (Phi) is 5.56. The Hall–Kier alpha value is -0.0200. The summed E-state index contributed by atoms with van der Waals surface area (Å²) in [6, 6.07) is 12.5. The maximum Gasteiger partial charge on any atom is 0.0931 e. The van der Waals surface area contributed by atoms with Gasteiger partial charge in [0.2, 0.25) is 0 Å². The number of alkyl halides is 1. The lowest BCUT2D eigenvalue weighted by Gasteiger charge is -2.12. The highest BCUT2D eigenvalue weighted by Gasteiger charge is 2.11. The van der Waals surface area contributed by atoms with Crippen LogP contribution in [0.4, 0.5) is 0 Å². The molecular weight excluding hydrogens is 351 g/mol. The predicted molar refractivity (Wildman–Crippen MR) is 85.1 cm³/mol. The van der Waals surface area contributed by atoms with E-state index in [4.69, 9.17) is 23.2 Å². The quantitative estimate of drug-likeness (QED) is 0.588. The van der Waals surface area contributed by atoms with Crippen LogP contribution in [0.1, 0.15) is 10.4 Å². The molecule has 1 atom stereocenters. The van der Waals surface area contributed by atoms with Crippen molar-refractivity contribution in [2.45, 2.75) is 12.8 Å². The van der Waals surface area contributed by atoms with Crippen LogP contribution < -0.4 is 0 Å². The third kappa shape index (κ3) is 4.27. The van der Waals surface area contributed by atoms with Crippen LogP contribution in [0.3, 0.4) is 0 Å². The number of benzene rings is 1. The van der Waals surface area contributed by atoms with E-state index in [2.05, 4.69) is 46.3 Å². The van der Waals surface area contributed by atoms with E-state index in [1.165, 1.54) is 10.4 Å². The smallest absolute Gasteiger partial charge is 0.0931 e. The third-order valence-corrected chi connectivity index (χ3v) is 4.99. The number of hydrogen-bond donors (Lipinski definition) is 0. The minimum absolute atomic E-state index is 0.461. The van der Waals surface area contributed by atoms with E-state index in [0.717, 1.165) is 21.7 Å². The van der Waals surface area contributed by atoms with Crippen molar-refractivity contribution in [1.82, 2.24) is 0 Å². The maximum atomic E-state index is 6.07. The molecule has 0 saturated carbocycles. The van der Waals surface area contributed by atoms with Gasteiger partial charge in [0.05, 0.1) is 4.34 Å². The molecule has 0 fully saturated rings. The molecule has 0 saturated heterocycles. The minimum Gasteiger partial charge on any atom is -0.128 e. The van der Waals surface area contributed by atoms with Gasteiger partial charge in [0.15, 0.2) is 0 Å². The van der Waals surface area contributed by atoms with Crippen molar-refractivity contribution in [2.75, 3.05) is 5.88 Å². The molecule has 0 bridgehead atoms. The second kappa shape index (κ2) is 6.95. The monoisotopic (exact) mass is 362 g/mol. The summed E-state index contributed by atoms with van der Waals surface area (Å²) in [5.74, 6) is 1.13. The van der Waals surface area contributed by atoms with E-state index in [0.29, 0.717) is 11.8 Å². The van der Waals surface area contributed by atoms with Gasteiger partial charge in [0, 0.05) is 15.2 Å². The summed E-state index contributed by atoms with van der Waals surface area (Å²) in [5.41, 5.74) is 1.33. The van der Waals surface area contributed by atoms with E-state index in [-0.39, 0.29) is 0 Å². The summed E-state index contributed by atoms with van der Waals surface area (Å²) in [5, 5.41) is 0. The summed E-state index contributed by atoms with van der Waals surface area (Å²) < 4.78 is 1.96. The molecule has 0 amide bonds. The standard InChI is InChI=1S/C14H13BrCl2S/c15-12-3-1-10(2-4-12)7-11(9-16)8-13-5-6-14(17)18-13/h1-6,11H,7-9H2. The first-order chi connectivity index (χ1) is 8.67. The molecule has 2 rings (SSSR count). The summed E-state index contributed by atoms with van der Waals surface area (Å²) in [7, 11) is 0. The zero-order chi connectivity index (χ0) is 13.0. The van der Waals surface area contributed by atoms with Gasteiger partial charge in [-0.1, -0.05) is 39.7 Å².